The second-order valence-electron chi connectivity index (χ2n) is 9.61. The molecule has 3 heterocycles. The van der Waals surface area contributed by atoms with E-state index in [-0.39, 0.29) is 11.8 Å². The lowest BCUT2D eigenvalue weighted by atomic mass is 9.86. The average Bonchev–Trinajstić information content (AvgIpc) is 3.02. The van der Waals surface area contributed by atoms with Crippen LogP contribution in [0.1, 0.15) is 17.0 Å². The zero-order chi connectivity index (χ0) is 27.6. The van der Waals surface area contributed by atoms with Crippen molar-refractivity contribution in [1.29, 1.82) is 0 Å². The van der Waals surface area contributed by atoms with E-state index in [1.54, 1.807) is 21.3 Å². The van der Waals surface area contributed by atoms with E-state index in [2.05, 4.69) is 15.1 Å². The van der Waals surface area contributed by atoms with E-state index in [4.69, 9.17) is 18.9 Å². The number of methoxy groups -OCH3 is 3. The van der Waals surface area contributed by atoms with Gasteiger partial charge in [-0.2, -0.15) is 0 Å². The predicted molar refractivity (Wildman–Crippen MR) is 151 cm³/mol. The lowest BCUT2D eigenvalue weighted by molar-refractivity contribution is -0.132. The number of aromatic nitrogens is 2. The predicted octanol–water partition coefficient (Wildman–Crippen LogP) is 4.76. The number of ether oxygens (including phenoxy) is 4. The number of amides is 1. The van der Waals surface area contributed by atoms with Gasteiger partial charge in [-0.25, -0.2) is 0 Å². The third-order valence-corrected chi connectivity index (χ3v) is 7.45. The van der Waals surface area contributed by atoms with Gasteiger partial charge in [0.25, 0.3) is 0 Å². The number of hydrogen-bond donors (Lipinski definition) is 0. The van der Waals surface area contributed by atoms with Crippen molar-refractivity contribution < 1.29 is 23.7 Å². The molecule has 0 bridgehead atoms. The van der Waals surface area contributed by atoms with Crippen LogP contribution >= 0.6 is 0 Å². The van der Waals surface area contributed by atoms with Gasteiger partial charge in [0.2, 0.25) is 11.7 Å². The maximum atomic E-state index is 13.9. The number of carbonyl (C=O) groups is 1. The van der Waals surface area contributed by atoms with E-state index in [1.807, 2.05) is 77.7 Å². The van der Waals surface area contributed by atoms with E-state index in [0.717, 1.165) is 34.0 Å². The summed E-state index contributed by atoms with van der Waals surface area (Å²) in [5, 5.41) is 8.96. The summed E-state index contributed by atoms with van der Waals surface area (Å²) in [4.78, 5) is 18.0. The third kappa shape index (κ3) is 4.53. The second-order valence-corrected chi connectivity index (χ2v) is 9.61. The Balaban J connectivity index is 1.17. The molecule has 9 heteroatoms. The maximum Gasteiger partial charge on any atom is 0.234 e. The van der Waals surface area contributed by atoms with Crippen LogP contribution in [0.25, 0.3) is 11.3 Å². The van der Waals surface area contributed by atoms with Crippen LogP contribution in [0.3, 0.4) is 0 Å². The SMILES string of the molecule is COc1cc(-c2ccc(N3CCN(C(=O)C4c5ccccc5Oc5ccccc54)CC3)nn2)cc(OC)c1OC. The summed E-state index contributed by atoms with van der Waals surface area (Å²) in [6.07, 6.45) is 0. The Bertz CT molecular complexity index is 1460. The lowest BCUT2D eigenvalue weighted by Crippen LogP contribution is -2.50. The van der Waals surface area contributed by atoms with E-state index in [0.29, 0.717) is 49.1 Å². The number of hydrogen-bond acceptors (Lipinski definition) is 8. The highest BCUT2D eigenvalue weighted by atomic mass is 16.5. The first-order valence-electron chi connectivity index (χ1n) is 13.1. The largest absolute Gasteiger partial charge is 0.493 e. The Morgan fingerprint density at radius 1 is 0.775 bits per heavy atom. The number of piperazine rings is 1. The summed E-state index contributed by atoms with van der Waals surface area (Å²) >= 11 is 0. The molecule has 2 aliphatic rings. The molecule has 9 nitrogen and oxygen atoms in total. The molecule has 0 N–H and O–H groups in total. The highest BCUT2D eigenvalue weighted by Crippen LogP contribution is 2.45. The first-order valence-corrected chi connectivity index (χ1v) is 13.1. The van der Waals surface area contributed by atoms with Crippen LogP contribution in [0.2, 0.25) is 0 Å². The summed E-state index contributed by atoms with van der Waals surface area (Å²) in [5.74, 6) is 3.58. The van der Waals surface area contributed by atoms with Gasteiger partial charge in [-0.15, -0.1) is 10.2 Å². The second kappa shape index (κ2) is 10.8. The summed E-state index contributed by atoms with van der Waals surface area (Å²) in [6, 6.07) is 23.2. The van der Waals surface area contributed by atoms with Gasteiger partial charge in [-0.05, 0) is 36.4 Å². The minimum atomic E-state index is -0.384. The number of benzene rings is 3. The number of para-hydroxylation sites is 2. The van der Waals surface area contributed by atoms with Crippen molar-refractivity contribution in [3.05, 3.63) is 83.9 Å². The lowest BCUT2D eigenvalue weighted by Gasteiger charge is -2.38. The molecule has 2 aliphatic heterocycles. The molecule has 0 aliphatic carbocycles. The van der Waals surface area contributed by atoms with Gasteiger partial charge in [0, 0.05) is 42.9 Å². The third-order valence-electron chi connectivity index (χ3n) is 7.45. The Kier molecular flexibility index (Phi) is 6.86. The van der Waals surface area contributed by atoms with Gasteiger partial charge in [0.1, 0.15) is 11.5 Å². The molecular formula is C31H30N4O5. The fourth-order valence-corrected chi connectivity index (χ4v) is 5.39. The molecule has 1 aromatic heterocycles. The van der Waals surface area contributed by atoms with Gasteiger partial charge < -0.3 is 28.7 Å². The molecule has 6 rings (SSSR count). The molecular weight excluding hydrogens is 508 g/mol. The molecule has 40 heavy (non-hydrogen) atoms. The van der Waals surface area contributed by atoms with Crippen molar-refractivity contribution >= 4 is 11.7 Å². The minimum absolute atomic E-state index is 0.0895. The fraction of sp³-hybridized carbons (Fsp3) is 0.258. The van der Waals surface area contributed by atoms with Crippen molar-refractivity contribution in [2.24, 2.45) is 0 Å². The first-order chi connectivity index (χ1) is 19.6. The molecule has 204 valence electrons. The Labute approximate surface area is 232 Å². The van der Waals surface area contributed by atoms with Gasteiger partial charge in [-0.1, -0.05) is 36.4 Å². The molecule has 0 saturated carbocycles. The smallest absolute Gasteiger partial charge is 0.234 e. The Hall–Kier alpha value is -4.79. The van der Waals surface area contributed by atoms with Crippen LogP contribution in [0.15, 0.2) is 72.8 Å². The summed E-state index contributed by atoms with van der Waals surface area (Å²) < 4.78 is 22.4. The topological polar surface area (TPSA) is 86.3 Å². The van der Waals surface area contributed by atoms with Crippen LogP contribution in [-0.2, 0) is 4.79 Å². The van der Waals surface area contributed by atoms with E-state index in [9.17, 15) is 4.79 Å². The minimum Gasteiger partial charge on any atom is -0.493 e. The fourth-order valence-electron chi connectivity index (χ4n) is 5.39. The number of carbonyl (C=O) groups excluding carboxylic acids is 1. The van der Waals surface area contributed by atoms with Crippen molar-refractivity contribution in [1.82, 2.24) is 15.1 Å². The van der Waals surface area contributed by atoms with Crippen molar-refractivity contribution in [3.8, 4) is 40.0 Å². The maximum absolute atomic E-state index is 13.9. The quantitative estimate of drug-likeness (QED) is 0.348. The standard InChI is InChI=1S/C31H30N4O5/c1-37-26-18-20(19-27(38-2)30(26)39-3)23-12-13-28(33-32-23)34-14-16-35(17-15-34)31(36)29-21-8-4-6-10-24(21)40-25-11-7-5-9-22(25)29/h4-13,18-19,29H,14-17H2,1-3H3. The Morgan fingerprint density at radius 2 is 1.38 bits per heavy atom. The molecule has 3 aromatic carbocycles. The zero-order valence-corrected chi connectivity index (χ0v) is 22.7. The van der Waals surface area contributed by atoms with Gasteiger partial charge >= 0.3 is 0 Å². The number of fused-ring (bicyclic) bond motifs is 2. The molecule has 0 unspecified atom stereocenters. The van der Waals surface area contributed by atoms with Gasteiger partial charge in [-0.3, -0.25) is 4.79 Å². The molecule has 1 fully saturated rings. The highest BCUT2D eigenvalue weighted by molar-refractivity contribution is 5.90. The van der Waals surface area contributed by atoms with Gasteiger partial charge in [0.05, 0.1) is 32.9 Å². The molecule has 4 aromatic rings. The van der Waals surface area contributed by atoms with Crippen LogP contribution in [-0.4, -0.2) is 68.5 Å². The molecule has 0 atom stereocenters. The summed E-state index contributed by atoms with van der Waals surface area (Å²) in [5.41, 5.74) is 3.30. The van der Waals surface area contributed by atoms with Crippen LogP contribution in [0, 0.1) is 0 Å². The number of nitrogens with zero attached hydrogens (tertiary/aromatic N) is 4. The molecule has 0 radical (unpaired) electrons. The van der Waals surface area contributed by atoms with E-state index >= 15 is 0 Å². The highest BCUT2D eigenvalue weighted by Gasteiger charge is 2.36. The first kappa shape index (κ1) is 25.5. The number of anilines is 1. The monoisotopic (exact) mass is 538 g/mol. The van der Waals surface area contributed by atoms with Gasteiger partial charge in [0.15, 0.2) is 17.3 Å². The normalized spacial score (nSPS) is 14.6. The molecule has 1 saturated heterocycles. The van der Waals surface area contributed by atoms with Crippen molar-refractivity contribution in [3.63, 3.8) is 0 Å². The summed E-state index contributed by atoms with van der Waals surface area (Å²) in [7, 11) is 4.74. The van der Waals surface area contributed by atoms with Crippen LogP contribution < -0.4 is 23.8 Å². The van der Waals surface area contributed by atoms with E-state index < -0.39 is 0 Å². The van der Waals surface area contributed by atoms with E-state index in [1.165, 1.54) is 0 Å². The van der Waals surface area contributed by atoms with Crippen molar-refractivity contribution in [2.45, 2.75) is 5.92 Å². The van der Waals surface area contributed by atoms with Crippen molar-refractivity contribution in [2.75, 3.05) is 52.4 Å². The van der Waals surface area contributed by atoms with Crippen LogP contribution in [0.5, 0.6) is 28.7 Å². The number of rotatable bonds is 6. The molecule has 1 amide bonds. The Morgan fingerprint density at radius 3 is 1.90 bits per heavy atom. The summed E-state index contributed by atoms with van der Waals surface area (Å²) in [6.45, 7) is 2.51. The van der Waals surface area contributed by atoms with Crippen LogP contribution in [0.4, 0.5) is 5.82 Å². The average molecular weight is 539 g/mol. The zero-order valence-electron chi connectivity index (χ0n) is 22.7. The molecule has 0 spiro atoms.